The first kappa shape index (κ1) is 24.3. The number of hydrogen-bond acceptors (Lipinski definition) is 7. The number of rotatable bonds is 6. The second-order valence-electron chi connectivity index (χ2n) is 8.53. The van der Waals surface area contributed by atoms with Gasteiger partial charge in [0.1, 0.15) is 24.9 Å². The maximum atomic E-state index is 6.40. The van der Waals surface area contributed by atoms with E-state index in [1.54, 1.807) is 7.11 Å². The van der Waals surface area contributed by atoms with Crippen LogP contribution in [0.15, 0.2) is 35.1 Å². The molecule has 0 amide bonds. The summed E-state index contributed by atoms with van der Waals surface area (Å²) in [5, 5.41) is 4.81. The zero-order valence-corrected chi connectivity index (χ0v) is 21.9. The smallest absolute Gasteiger partial charge is 0.163 e. The average Bonchev–Trinajstić information content (AvgIpc) is 2.79. The molecule has 1 atom stereocenters. The van der Waals surface area contributed by atoms with Gasteiger partial charge in [-0.25, -0.2) is 9.97 Å². The highest BCUT2D eigenvalue weighted by atomic mass is 79.9. The van der Waals surface area contributed by atoms with Gasteiger partial charge >= 0.3 is 0 Å². The number of hydrogen-bond donors (Lipinski definition) is 1. The Hall–Kier alpha value is -1.84. The molecule has 3 aromatic rings. The summed E-state index contributed by atoms with van der Waals surface area (Å²) >= 11 is 16.0. The number of nitrogens with one attached hydrogen (secondary N) is 1. The number of anilines is 2. The van der Waals surface area contributed by atoms with Crippen LogP contribution in [0.4, 0.5) is 11.5 Å². The van der Waals surface area contributed by atoms with Crippen molar-refractivity contribution in [1.82, 2.24) is 14.9 Å². The molecular formula is C23H25BrCl2N4O3. The molecule has 10 heteroatoms. The number of benzene rings is 2. The standard InChI is InChI=1S/C23H25BrCl2N4O3/c1-23(2)11-33-13(9-30(23)3)10-32-19-8-17-14(7-18(19)31-4)22(28-12-27-17)29-16-6-5-15(24)20(25)21(16)26/h5-8,12-13H,9-11H2,1-4H3,(H,27,28,29). The Balaban J connectivity index is 1.58. The number of aromatic nitrogens is 2. The predicted molar refractivity (Wildman–Crippen MR) is 135 cm³/mol. The second-order valence-corrected chi connectivity index (χ2v) is 10.1. The normalized spacial score (nSPS) is 18.3. The molecule has 1 unspecified atom stereocenters. The number of halogens is 3. The lowest BCUT2D eigenvalue weighted by molar-refractivity contribution is -0.100. The Morgan fingerprint density at radius 1 is 1.21 bits per heavy atom. The van der Waals surface area contributed by atoms with Crippen molar-refractivity contribution in [3.63, 3.8) is 0 Å². The molecule has 1 aromatic heterocycles. The van der Waals surface area contributed by atoms with E-state index in [0.717, 1.165) is 11.9 Å². The van der Waals surface area contributed by atoms with Crippen LogP contribution in [0.1, 0.15) is 13.8 Å². The molecule has 1 saturated heterocycles. The topological polar surface area (TPSA) is 68.7 Å². The van der Waals surface area contributed by atoms with Crippen molar-refractivity contribution < 1.29 is 14.2 Å². The molecule has 1 aliphatic heterocycles. The van der Waals surface area contributed by atoms with Crippen molar-refractivity contribution in [3.05, 3.63) is 45.1 Å². The molecule has 176 valence electrons. The number of morpholine rings is 1. The van der Waals surface area contributed by atoms with Crippen LogP contribution in [0.25, 0.3) is 10.9 Å². The summed E-state index contributed by atoms with van der Waals surface area (Å²) in [6, 6.07) is 7.33. The number of likely N-dealkylation sites (N-methyl/N-ethyl adjacent to an activating group) is 1. The van der Waals surface area contributed by atoms with Crippen LogP contribution in [-0.4, -0.2) is 60.4 Å². The third kappa shape index (κ3) is 5.15. The molecule has 0 saturated carbocycles. The molecule has 0 spiro atoms. The summed E-state index contributed by atoms with van der Waals surface area (Å²) < 4.78 is 18.4. The molecule has 0 aliphatic carbocycles. The van der Waals surface area contributed by atoms with Gasteiger partial charge in [-0.1, -0.05) is 23.2 Å². The van der Waals surface area contributed by atoms with Crippen molar-refractivity contribution >= 4 is 61.5 Å². The quantitative estimate of drug-likeness (QED) is 0.377. The minimum Gasteiger partial charge on any atom is -0.493 e. The van der Waals surface area contributed by atoms with E-state index in [1.807, 2.05) is 24.3 Å². The van der Waals surface area contributed by atoms with E-state index in [-0.39, 0.29) is 11.6 Å². The van der Waals surface area contributed by atoms with E-state index >= 15 is 0 Å². The molecule has 33 heavy (non-hydrogen) atoms. The first-order chi connectivity index (χ1) is 15.7. The largest absolute Gasteiger partial charge is 0.493 e. The van der Waals surface area contributed by atoms with Crippen LogP contribution in [0.3, 0.4) is 0 Å². The molecule has 2 heterocycles. The molecule has 1 N–H and O–H groups in total. The van der Waals surface area contributed by atoms with E-state index in [1.165, 1.54) is 6.33 Å². The molecular weight excluding hydrogens is 531 g/mol. The van der Waals surface area contributed by atoms with Crippen LogP contribution in [0.2, 0.25) is 10.0 Å². The fourth-order valence-electron chi connectivity index (χ4n) is 3.51. The Morgan fingerprint density at radius 2 is 2.00 bits per heavy atom. The van der Waals surface area contributed by atoms with Crippen molar-refractivity contribution in [2.24, 2.45) is 0 Å². The number of nitrogens with zero attached hydrogens (tertiary/aromatic N) is 3. The van der Waals surface area contributed by atoms with Crippen LogP contribution < -0.4 is 14.8 Å². The van der Waals surface area contributed by atoms with Gasteiger partial charge in [0, 0.05) is 28.0 Å². The predicted octanol–water partition coefficient (Wildman–Crippen LogP) is 5.94. The zero-order valence-electron chi connectivity index (χ0n) is 18.8. The van der Waals surface area contributed by atoms with Gasteiger partial charge in [0.25, 0.3) is 0 Å². The van der Waals surface area contributed by atoms with Gasteiger partial charge in [-0.3, -0.25) is 4.90 Å². The highest BCUT2D eigenvalue weighted by molar-refractivity contribution is 9.10. The van der Waals surface area contributed by atoms with E-state index in [9.17, 15) is 0 Å². The van der Waals surface area contributed by atoms with Crippen molar-refractivity contribution in [1.29, 1.82) is 0 Å². The zero-order chi connectivity index (χ0) is 23.8. The number of methoxy groups -OCH3 is 1. The Kier molecular flexibility index (Phi) is 7.21. The van der Waals surface area contributed by atoms with Crippen LogP contribution in [0, 0.1) is 0 Å². The molecule has 2 aromatic carbocycles. The Bertz CT molecular complexity index is 1180. The van der Waals surface area contributed by atoms with E-state index in [0.29, 0.717) is 56.3 Å². The summed E-state index contributed by atoms with van der Waals surface area (Å²) in [5.41, 5.74) is 1.34. The molecule has 1 aliphatic rings. The van der Waals surface area contributed by atoms with Gasteiger partial charge in [0.2, 0.25) is 0 Å². The molecule has 0 bridgehead atoms. The van der Waals surface area contributed by atoms with Gasteiger partial charge in [-0.05, 0) is 55.0 Å². The van der Waals surface area contributed by atoms with Gasteiger partial charge in [0.05, 0.1) is 35.0 Å². The van der Waals surface area contributed by atoms with Crippen molar-refractivity contribution in [2.45, 2.75) is 25.5 Å². The molecule has 7 nitrogen and oxygen atoms in total. The summed E-state index contributed by atoms with van der Waals surface area (Å²) in [6.07, 6.45) is 1.45. The summed E-state index contributed by atoms with van der Waals surface area (Å²) in [7, 11) is 3.70. The van der Waals surface area contributed by atoms with Crippen LogP contribution >= 0.6 is 39.1 Å². The van der Waals surface area contributed by atoms with E-state index < -0.39 is 0 Å². The first-order valence-corrected chi connectivity index (χ1v) is 11.9. The number of fused-ring (bicyclic) bond motifs is 1. The van der Waals surface area contributed by atoms with Gasteiger partial charge < -0.3 is 19.5 Å². The van der Waals surface area contributed by atoms with Crippen LogP contribution in [-0.2, 0) is 4.74 Å². The lowest BCUT2D eigenvalue weighted by Gasteiger charge is -2.43. The second kappa shape index (κ2) is 9.80. The fourth-order valence-corrected chi connectivity index (χ4v) is 4.33. The summed E-state index contributed by atoms with van der Waals surface area (Å²) in [4.78, 5) is 11.1. The lowest BCUT2D eigenvalue weighted by Crippen LogP contribution is -2.55. The Morgan fingerprint density at radius 3 is 2.73 bits per heavy atom. The lowest BCUT2D eigenvalue weighted by atomic mass is 10.0. The fraction of sp³-hybridized carbons (Fsp3) is 0.391. The highest BCUT2D eigenvalue weighted by Gasteiger charge is 2.32. The number of ether oxygens (including phenoxy) is 3. The summed E-state index contributed by atoms with van der Waals surface area (Å²) in [5.74, 6) is 1.74. The highest BCUT2D eigenvalue weighted by Crippen LogP contribution is 2.39. The average molecular weight is 556 g/mol. The first-order valence-electron chi connectivity index (χ1n) is 10.4. The maximum Gasteiger partial charge on any atom is 0.163 e. The molecule has 4 rings (SSSR count). The third-order valence-corrected chi connectivity index (χ3v) is 7.59. The molecule has 1 fully saturated rings. The van der Waals surface area contributed by atoms with Gasteiger partial charge in [0.15, 0.2) is 11.5 Å². The maximum absolute atomic E-state index is 6.40. The van der Waals surface area contributed by atoms with Crippen molar-refractivity contribution in [3.8, 4) is 11.5 Å². The Labute approximate surface area is 211 Å². The van der Waals surface area contributed by atoms with E-state index in [2.05, 4.69) is 57.0 Å². The minimum absolute atomic E-state index is 0.0133. The molecule has 0 radical (unpaired) electrons. The van der Waals surface area contributed by atoms with Gasteiger partial charge in [-0.15, -0.1) is 0 Å². The van der Waals surface area contributed by atoms with Crippen LogP contribution in [0.5, 0.6) is 11.5 Å². The third-order valence-electron chi connectivity index (χ3n) is 5.82. The van der Waals surface area contributed by atoms with E-state index in [4.69, 9.17) is 37.4 Å². The minimum atomic E-state index is -0.0321. The SMILES string of the molecule is COc1cc2c(Nc3ccc(Br)c(Cl)c3Cl)ncnc2cc1OCC1CN(C)C(C)(C)CO1. The van der Waals surface area contributed by atoms with Gasteiger partial charge in [-0.2, -0.15) is 0 Å². The summed E-state index contributed by atoms with van der Waals surface area (Å²) in [6.45, 7) is 6.17. The van der Waals surface area contributed by atoms with Crippen molar-refractivity contribution in [2.75, 3.05) is 39.2 Å². The monoisotopic (exact) mass is 554 g/mol.